The highest BCUT2D eigenvalue weighted by Crippen LogP contribution is 2.35. The molecule has 0 amide bonds. The van der Waals surface area contributed by atoms with Gasteiger partial charge in [-0.3, -0.25) is 0 Å². The van der Waals surface area contributed by atoms with Crippen molar-refractivity contribution in [2.24, 2.45) is 0 Å². The summed E-state index contributed by atoms with van der Waals surface area (Å²) in [5.74, 6) is 0.929. The first-order valence-electron chi connectivity index (χ1n) is 7.79. The normalized spacial score (nSPS) is 31.2. The largest absolute Gasteiger partial charge is 0.497 e. The number of hydrogen-bond acceptors (Lipinski definition) is 3. The van der Waals surface area contributed by atoms with E-state index in [1.165, 1.54) is 31.2 Å². The molecule has 2 fully saturated rings. The van der Waals surface area contributed by atoms with Crippen LogP contribution in [0.1, 0.15) is 44.2 Å². The van der Waals surface area contributed by atoms with Gasteiger partial charge in [0.25, 0.3) is 0 Å². The monoisotopic (exact) mass is 274 g/mol. The second kappa shape index (κ2) is 5.74. The Morgan fingerprint density at radius 3 is 2.30 bits per heavy atom. The highest BCUT2D eigenvalue weighted by Gasteiger charge is 2.38. The van der Waals surface area contributed by atoms with E-state index >= 15 is 0 Å². The van der Waals surface area contributed by atoms with Crippen LogP contribution in [-0.4, -0.2) is 37.2 Å². The molecule has 0 saturated carbocycles. The minimum Gasteiger partial charge on any atom is -0.497 e. The molecule has 1 N–H and O–H groups in total. The van der Waals surface area contributed by atoms with Gasteiger partial charge in [0.2, 0.25) is 0 Å². The average molecular weight is 274 g/mol. The molecular weight excluding hydrogens is 248 g/mol. The predicted molar refractivity (Wildman–Crippen MR) is 82.1 cm³/mol. The van der Waals surface area contributed by atoms with Crippen molar-refractivity contribution in [1.82, 2.24) is 10.2 Å². The van der Waals surface area contributed by atoms with Crippen molar-refractivity contribution in [1.29, 1.82) is 0 Å². The van der Waals surface area contributed by atoms with Crippen molar-refractivity contribution in [2.45, 2.75) is 56.8 Å². The van der Waals surface area contributed by atoms with Gasteiger partial charge in [-0.05, 0) is 57.4 Å². The fourth-order valence-electron chi connectivity index (χ4n) is 3.89. The SMILES string of the molecule is COc1ccc([C@H](C)NC2CC3CCC(C2)N3C)cc1. The molecule has 3 nitrogen and oxygen atoms in total. The molecule has 1 aromatic rings. The minimum atomic E-state index is 0.411. The molecule has 1 aromatic carbocycles. The third kappa shape index (κ3) is 2.70. The molecule has 3 rings (SSSR count). The predicted octanol–water partition coefficient (Wildman–Crippen LogP) is 2.97. The van der Waals surface area contributed by atoms with E-state index in [0.29, 0.717) is 12.1 Å². The Balaban J connectivity index is 1.60. The van der Waals surface area contributed by atoms with E-state index in [1.807, 2.05) is 12.1 Å². The maximum atomic E-state index is 5.22. The summed E-state index contributed by atoms with van der Waals surface area (Å²) in [6.45, 7) is 2.27. The van der Waals surface area contributed by atoms with Crippen LogP contribution in [0, 0.1) is 0 Å². The summed E-state index contributed by atoms with van der Waals surface area (Å²) in [5.41, 5.74) is 1.34. The standard InChI is InChI=1S/C17H26N2O/c1-12(13-4-8-17(20-3)9-5-13)18-14-10-15-6-7-16(11-14)19(15)2/h4-5,8-9,12,14-16,18H,6-7,10-11H2,1-3H3/t12-,14?,15?,16?/m0/s1. The van der Waals surface area contributed by atoms with Crippen LogP contribution in [0.2, 0.25) is 0 Å². The highest BCUT2D eigenvalue weighted by atomic mass is 16.5. The lowest BCUT2D eigenvalue weighted by atomic mass is 9.96. The number of piperidine rings is 1. The molecule has 2 bridgehead atoms. The van der Waals surface area contributed by atoms with Gasteiger partial charge in [-0.1, -0.05) is 12.1 Å². The molecule has 0 aromatic heterocycles. The van der Waals surface area contributed by atoms with Crippen LogP contribution >= 0.6 is 0 Å². The average Bonchev–Trinajstić information content (AvgIpc) is 2.69. The maximum Gasteiger partial charge on any atom is 0.118 e. The number of fused-ring (bicyclic) bond motifs is 2. The molecule has 0 aliphatic carbocycles. The van der Waals surface area contributed by atoms with Gasteiger partial charge in [-0.25, -0.2) is 0 Å². The van der Waals surface area contributed by atoms with Crippen LogP contribution in [0.3, 0.4) is 0 Å². The van der Waals surface area contributed by atoms with Crippen molar-refractivity contribution in [3.8, 4) is 5.75 Å². The molecule has 2 unspecified atom stereocenters. The van der Waals surface area contributed by atoms with Crippen molar-refractivity contribution in [3.05, 3.63) is 29.8 Å². The summed E-state index contributed by atoms with van der Waals surface area (Å²) in [7, 11) is 4.01. The molecule has 110 valence electrons. The van der Waals surface area contributed by atoms with Crippen LogP contribution < -0.4 is 10.1 Å². The Bertz CT molecular complexity index is 431. The Hall–Kier alpha value is -1.06. The molecule has 2 heterocycles. The molecule has 2 aliphatic rings. The van der Waals surface area contributed by atoms with Crippen molar-refractivity contribution < 1.29 is 4.74 Å². The van der Waals surface area contributed by atoms with E-state index < -0.39 is 0 Å². The van der Waals surface area contributed by atoms with Gasteiger partial charge >= 0.3 is 0 Å². The number of rotatable bonds is 4. The van der Waals surface area contributed by atoms with Gasteiger partial charge in [-0.2, -0.15) is 0 Å². The smallest absolute Gasteiger partial charge is 0.118 e. The van der Waals surface area contributed by atoms with Gasteiger partial charge in [0, 0.05) is 24.2 Å². The lowest BCUT2D eigenvalue weighted by Gasteiger charge is -2.38. The van der Waals surface area contributed by atoms with Gasteiger partial charge in [0.1, 0.15) is 5.75 Å². The Kier molecular flexibility index (Phi) is 3.99. The van der Waals surface area contributed by atoms with Crippen LogP contribution in [-0.2, 0) is 0 Å². The summed E-state index contributed by atoms with van der Waals surface area (Å²) >= 11 is 0. The van der Waals surface area contributed by atoms with E-state index in [4.69, 9.17) is 4.74 Å². The second-order valence-corrected chi connectivity index (χ2v) is 6.38. The number of hydrogen-bond donors (Lipinski definition) is 1. The lowest BCUT2D eigenvalue weighted by Crippen LogP contribution is -2.47. The van der Waals surface area contributed by atoms with E-state index in [2.05, 4.69) is 36.3 Å². The summed E-state index contributed by atoms with van der Waals surface area (Å²) in [6.07, 6.45) is 5.37. The third-order valence-corrected chi connectivity index (χ3v) is 5.20. The van der Waals surface area contributed by atoms with Gasteiger partial charge in [-0.15, -0.1) is 0 Å². The number of nitrogens with one attached hydrogen (secondary N) is 1. The molecular formula is C17H26N2O. The fourth-order valence-corrected chi connectivity index (χ4v) is 3.89. The molecule has 2 aliphatic heterocycles. The fraction of sp³-hybridized carbons (Fsp3) is 0.647. The number of ether oxygens (including phenoxy) is 1. The summed E-state index contributed by atoms with van der Waals surface area (Å²) in [6, 6.07) is 11.1. The zero-order valence-electron chi connectivity index (χ0n) is 12.8. The summed E-state index contributed by atoms with van der Waals surface area (Å²) in [4.78, 5) is 2.59. The quantitative estimate of drug-likeness (QED) is 0.913. The van der Waals surface area contributed by atoms with Crippen LogP contribution in [0.25, 0.3) is 0 Å². The minimum absolute atomic E-state index is 0.411. The van der Waals surface area contributed by atoms with E-state index in [1.54, 1.807) is 7.11 Å². The second-order valence-electron chi connectivity index (χ2n) is 6.38. The zero-order chi connectivity index (χ0) is 14.1. The van der Waals surface area contributed by atoms with Crippen molar-refractivity contribution >= 4 is 0 Å². The van der Waals surface area contributed by atoms with E-state index in [0.717, 1.165) is 17.8 Å². The summed E-state index contributed by atoms with van der Waals surface area (Å²) < 4.78 is 5.22. The van der Waals surface area contributed by atoms with Crippen molar-refractivity contribution in [2.75, 3.05) is 14.2 Å². The molecule has 20 heavy (non-hydrogen) atoms. The molecule has 0 radical (unpaired) electrons. The Morgan fingerprint density at radius 2 is 1.75 bits per heavy atom. The van der Waals surface area contributed by atoms with Crippen LogP contribution in [0.5, 0.6) is 5.75 Å². The van der Waals surface area contributed by atoms with E-state index in [9.17, 15) is 0 Å². The van der Waals surface area contributed by atoms with Crippen LogP contribution in [0.15, 0.2) is 24.3 Å². The van der Waals surface area contributed by atoms with Crippen molar-refractivity contribution in [3.63, 3.8) is 0 Å². The molecule has 2 saturated heterocycles. The van der Waals surface area contributed by atoms with Gasteiger partial charge in [0.05, 0.1) is 7.11 Å². The number of nitrogens with zero attached hydrogens (tertiary/aromatic N) is 1. The zero-order valence-corrected chi connectivity index (χ0v) is 12.8. The Morgan fingerprint density at radius 1 is 1.15 bits per heavy atom. The number of methoxy groups -OCH3 is 1. The van der Waals surface area contributed by atoms with Crippen LogP contribution in [0.4, 0.5) is 0 Å². The Labute approximate surface area is 122 Å². The van der Waals surface area contributed by atoms with Gasteiger partial charge in [0.15, 0.2) is 0 Å². The lowest BCUT2D eigenvalue weighted by molar-refractivity contribution is 0.144. The molecule has 3 atom stereocenters. The first-order valence-corrected chi connectivity index (χ1v) is 7.79. The maximum absolute atomic E-state index is 5.22. The first-order chi connectivity index (χ1) is 9.67. The van der Waals surface area contributed by atoms with E-state index in [-0.39, 0.29) is 0 Å². The van der Waals surface area contributed by atoms with Gasteiger partial charge < -0.3 is 15.0 Å². The highest BCUT2D eigenvalue weighted by molar-refractivity contribution is 5.28. The third-order valence-electron chi connectivity index (χ3n) is 5.20. The summed E-state index contributed by atoms with van der Waals surface area (Å²) in [5, 5.41) is 3.83. The topological polar surface area (TPSA) is 24.5 Å². The number of benzene rings is 1. The first kappa shape index (κ1) is 13.9. The molecule has 3 heteroatoms. The molecule has 0 spiro atoms.